The van der Waals surface area contributed by atoms with Crippen LogP contribution in [-0.2, 0) is 42.9 Å². The van der Waals surface area contributed by atoms with Crippen molar-refractivity contribution in [1.29, 1.82) is 0 Å². The third-order valence-corrected chi connectivity index (χ3v) is 6.39. The Morgan fingerprint density at radius 3 is 2.12 bits per heavy atom. The van der Waals surface area contributed by atoms with Crippen molar-refractivity contribution in [3.8, 4) is 0 Å². The van der Waals surface area contributed by atoms with Crippen LogP contribution in [-0.4, -0.2) is 62.5 Å². The van der Waals surface area contributed by atoms with Crippen molar-refractivity contribution in [2.24, 2.45) is 16.7 Å². The predicted octanol–water partition coefficient (Wildman–Crippen LogP) is 3.22. The molecule has 33 heavy (non-hydrogen) atoms. The van der Waals surface area contributed by atoms with E-state index in [2.05, 4.69) is 0 Å². The number of cyclic esters (lactones) is 2. The van der Waals surface area contributed by atoms with Crippen molar-refractivity contribution >= 4 is 23.9 Å². The average molecular weight is 473 g/mol. The highest BCUT2D eigenvalue weighted by Crippen LogP contribution is 2.32. The van der Waals surface area contributed by atoms with Gasteiger partial charge in [0.2, 0.25) is 0 Å². The summed E-state index contributed by atoms with van der Waals surface area (Å²) >= 11 is 0. The number of esters is 4. The zero-order chi connectivity index (χ0) is 25.4. The van der Waals surface area contributed by atoms with Crippen molar-refractivity contribution in [1.82, 2.24) is 0 Å². The fourth-order valence-electron chi connectivity index (χ4n) is 2.95. The van der Waals surface area contributed by atoms with Crippen LogP contribution in [0.4, 0.5) is 0 Å². The van der Waals surface area contributed by atoms with Gasteiger partial charge in [-0.25, -0.2) is 0 Å². The van der Waals surface area contributed by atoms with Gasteiger partial charge in [-0.3, -0.25) is 19.2 Å². The number of ether oxygens (including phenoxy) is 5. The maximum atomic E-state index is 12.0. The van der Waals surface area contributed by atoms with Gasteiger partial charge in [-0.05, 0) is 53.9 Å². The molecule has 0 aromatic carbocycles. The van der Waals surface area contributed by atoms with E-state index < -0.39 is 22.5 Å². The first-order chi connectivity index (χ1) is 15.2. The SMILES string of the molecule is CCC(C)(C)C(=O)OC1CC(=O)OC1(C)COC.CCC(C)(C)C(=O)OCC1CCOC1=O. The van der Waals surface area contributed by atoms with Gasteiger partial charge in [0.05, 0.1) is 36.4 Å². The molecule has 2 rings (SSSR count). The maximum absolute atomic E-state index is 12.0. The van der Waals surface area contributed by atoms with Gasteiger partial charge in [0.15, 0.2) is 11.7 Å². The van der Waals surface area contributed by atoms with Crippen LogP contribution in [0.3, 0.4) is 0 Å². The minimum Gasteiger partial charge on any atom is -0.465 e. The van der Waals surface area contributed by atoms with E-state index in [4.69, 9.17) is 23.7 Å². The second kappa shape index (κ2) is 11.8. The van der Waals surface area contributed by atoms with Crippen molar-refractivity contribution in [3.05, 3.63) is 0 Å². The Morgan fingerprint density at radius 1 is 1.06 bits per heavy atom. The van der Waals surface area contributed by atoms with Crippen molar-refractivity contribution in [2.75, 3.05) is 26.9 Å². The zero-order valence-electron chi connectivity index (χ0n) is 21.3. The molecule has 0 amide bonds. The Kier molecular flexibility index (Phi) is 10.3. The largest absolute Gasteiger partial charge is 0.465 e. The lowest BCUT2D eigenvalue weighted by Gasteiger charge is -2.30. The fraction of sp³-hybridized carbons (Fsp3) is 0.833. The molecule has 2 heterocycles. The summed E-state index contributed by atoms with van der Waals surface area (Å²) in [5.41, 5.74) is -1.91. The first-order valence-electron chi connectivity index (χ1n) is 11.5. The van der Waals surface area contributed by atoms with E-state index in [-0.39, 0.29) is 49.4 Å². The van der Waals surface area contributed by atoms with Gasteiger partial charge >= 0.3 is 23.9 Å². The fourth-order valence-corrected chi connectivity index (χ4v) is 2.95. The molecule has 3 atom stereocenters. The molecule has 2 saturated heterocycles. The molecule has 0 aromatic heterocycles. The predicted molar refractivity (Wildman–Crippen MR) is 119 cm³/mol. The van der Waals surface area contributed by atoms with Crippen LogP contribution < -0.4 is 0 Å². The number of hydrogen-bond acceptors (Lipinski definition) is 9. The van der Waals surface area contributed by atoms with E-state index in [1.807, 2.05) is 41.5 Å². The third kappa shape index (κ3) is 7.98. The van der Waals surface area contributed by atoms with Gasteiger partial charge in [-0.15, -0.1) is 0 Å². The smallest absolute Gasteiger partial charge is 0.312 e. The molecule has 2 aliphatic heterocycles. The zero-order valence-corrected chi connectivity index (χ0v) is 21.3. The molecule has 2 aliphatic rings. The molecule has 9 heteroatoms. The summed E-state index contributed by atoms with van der Waals surface area (Å²) in [6, 6.07) is 0. The average Bonchev–Trinajstić information content (AvgIpc) is 3.28. The van der Waals surface area contributed by atoms with E-state index in [0.29, 0.717) is 19.4 Å². The molecule has 0 aliphatic carbocycles. The Labute approximate surface area is 196 Å². The summed E-state index contributed by atoms with van der Waals surface area (Å²) in [5.74, 6) is -1.43. The first kappa shape index (κ1) is 28.9. The molecule has 0 radical (unpaired) electrons. The highest BCUT2D eigenvalue weighted by Gasteiger charge is 2.49. The highest BCUT2D eigenvalue weighted by molar-refractivity contribution is 5.79. The quantitative estimate of drug-likeness (QED) is 0.368. The molecule has 0 N–H and O–H groups in total. The Morgan fingerprint density at radius 2 is 1.64 bits per heavy atom. The van der Waals surface area contributed by atoms with Gasteiger partial charge < -0.3 is 23.7 Å². The van der Waals surface area contributed by atoms with Gasteiger partial charge in [0.1, 0.15) is 6.61 Å². The summed E-state index contributed by atoms with van der Waals surface area (Å²) in [6.45, 7) is 13.7. The monoisotopic (exact) mass is 472 g/mol. The van der Waals surface area contributed by atoms with E-state index >= 15 is 0 Å². The summed E-state index contributed by atoms with van der Waals surface area (Å²) < 4.78 is 25.6. The normalized spacial score (nSPS) is 25.0. The van der Waals surface area contributed by atoms with Gasteiger partial charge in [-0.1, -0.05) is 13.8 Å². The minimum absolute atomic E-state index is 0.0887. The van der Waals surface area contributed by atoms with E-state index in [9.17, 15) is 19.2 Å². The van der Waals surface area contributed by atoms with Crippen LogP contribution >= 0.6 is 0 Å². The number of hydrogen-bond donors (Lipinski definition) is 0. The van der Waals surface area contributed by atoms with Crippen LogP contribution in [0.15, 0.2) is 0 Å². The number of carbonyl (C=O) groups is 4. The molecule has 3 unspecified atom stereocenters. The molecule has 0 aromatic rings. The Balaban J connectivity index is 0.000000335. The third-order valence-electron chi connectivity index (χ3n) is 6.39. The molecule has 190 valence electrons. The minimum atomic E-state index is -0.884. The number of rotatable bonds is 9. The Bertz CT molecular complexity index is 713. The van der Waals surface area contributed by atoms with Crippen molar-refractivity contribution in [2.45, 2.75) is 85.9 Å². The Hall–Kier alpha value is -2.16. The standard InChI is InChI=1S/C13H22O5.C11H18O4/c1-6-12(2,3)11(15)17-9-7-10(14)18-13(9,4)8-16-5;1-4-11(2,3)10(13)15-7-8-5-6-14-9(8)12/h9H,6-8H2,1-5H3;8H,4-7H2,1-3H3. The molecule has 0 bridgehead atoms. The second-order valence-corrected chi connectivity index (χ2v) is 10.0. The summed E-state index contributed by atoms with van der Waals surface area (Å²) in [6.07, 6.45) is 1.56. The first-order valence-corrected chi connectivity index (χ1v) is 11.5. The molecule has 0 saturated carbocycles. The van der Waals surface area contributed by atoms with Crippen LogP contribution in [0.1, 0.15) is 74.1 Å². The lowest BCUT2D eigenvalue weighted by atomic mass is 9.90. The summed E-state index contributed by atoms with van der Waals surface area (Å²) in [4.78, 5) is 46.1. The van der Waals surface area contributed by atoms with Crippen molar-refractivity contribution < 1.29 is 42.9 Å². The molecule has 0 spiro atoms. The summed E-state index contributed by atoms with van der Waals surface area (Å²) in [5, 5.41) is 0. The maximum Gasteiger partial charge on any atom is 0.312 e. The van der Waals surface area contributed by atoms with E-state index in [0.717, 1.165) is 6.42 Å². The number of methoxy groups -OCH3 is 1. The summed E-state index contributed by atoms with van der Waals surface area (Å²) in [7, 11) is 1.52. The van der Waals surface area contributed by atoms with Crippen molar-refractivity contribution in [3.63, 3.8) is 0 Å². The van der Waals surface area contributed by atoms with Gasteiger partial charge in [0.25, 0.3) is 0 Å². The van der Waals surface area contributed by atoms with E-state index in [1.54, 1.807) is 6.92 Å². The lowest BCUT2D eigenvalue weighted by Crippen LogP contribution is -2.44. The topological polar surface area (TPSA) is 114 Å². The lowest BCUT2D eigenvalue weighted by molar-refractivity contribution is -0.175. The van der Waals surface area contributed by atoms with Crippen LogP contribution in [0.2, 0.25) is 0 Å². The molecular formula is C24H40O9. The van der Waals surface area contributed by atoms with E-state index in [1.165, 1.54) is 7.11 Å². The molecule has 9 nitrogen and oxygen atoms in total. The molecule has 2 fully saturated rings. The van der Waals surface area contributed by atoms with Crippen LogP contribution in [0, 0.1) is 16.7 Å². The highest BCUT2D eigenvalue weighted by atomic mass is 16.6. The van der Waals surface area contributed by atoms with Gasteiger partial charge in [0, 0.05) is 7.11 Å². The molecular weight excluding hydrogens is 432 g/mol. The number of carbonyl (C=O) groups excluding carboxylic acids is 4. The van der Waals surface area contributed by atoms with Crippen LogP contribution in [0.25, 0.3) is 0 Å². The van der Waals surface area contributed by atoms with Crippen LogP contribution in [0.5, 0.6) is 0 Å². The second-order valence-electron chi connectivity index (χ2n) is 10.0. The van der Waals surface area contributed by atoms with Gasteiger partial charge in [-0.2, -0.15) is 0 Å².